The maximum absolute atomic E-state index is 13.9. The molecule has 4 atom stereocenters. The first-order valence-electron chi connectivity index (χ1n) is 18.8. The second kappa shape index (κ2) is 15.1. The van der Waals surface area contributed by atoms with Crippen LogP contribution in [-0.2, 0) is 18.8 Å². The molecule has 1 aliphatic carbocycles. The topological polar surface area (TPSA) is 76.1 Å². The van der Waals surface area contributed by atoms with Gasteiger partial charge in [-0.1, -0.05) is 107 Å². The number of carbonyl (C=O) groups is 2. The number of hydrogen-bond donors (Lipinski definition) is 1. The number of aromatic hydroxyl groups is 1. The Kier molecular flexibility index (Phi) is 10.9. The fourth-order valence-corrected chi connectivity index (χ4v) is 13.6. The van der Waals surface area contributed by atoms with Crippen molar-refractivity contribution in [2.24, 2.45) is 17.8 Å². The zero-order valence-electron chi connectivity index (χ0n) is 31.5. The summed E-state index contributed by atoms with van der Waals surface area (Å²) in [6.07, 6.45) is 5.92. The molecule has 3 aromatic carbocycles. The van der Waals surface area contributed by atoms with Gasteiger partial charge in [0.25, 0.3) is 8.32 Å². The van der Waals surface area contributed by atoms with Crippen molar-refractivity contribution in [2.45, 2.75) is 91.7 Å². The summed E-state index contributed by atoms with van der Waals surface area (Å²) in [5.74, 6) is -0.579. The van der Waals surface area contributed by atoms with Gasteiger partial charge in [-0.05, 0) is 101 Å². The molecule has 0 radical (unpaired) electrons. The molecule has 6 nitrogen and oxygen atoms in total. The van der Waals surface area contributed by atoms with E-state index in [1.54, 1.807) is 0 Å². The van der Waals surface area contributed by atoms with Gasteiger partial charge in [0.2, 0.25) is 11.8 Å². The number of hydrogen-bond acceptors (Lipinski definition) is 5. The number of likely N-dealkylation sites (tertiary alicyclic amines) is 1. The third-order valence-corrected chi connectivity index (χ3v) is 16.5. The quantitative estimate of drug-likeness (QED) is 0.118. The van der Waals surface area contributed by atoms with E-state index < -0.39 is 8.32 Å². The van der Waals surface area contributed by atoms with Crippen LogP contribution in [0.1, 0.15) is 83.4 Å². The van der Waals surface area contributed by atoms with Crippen LogP contribution in [0.4, 0.5) is 0 Å². The molecule has 2 heterocycles. The van der Waals surface area contributed by atoms with Crippen molar-refractivity contribution >= 4 is 36.6 Å². The highest BCUT2D eigenvalue weighted by Gasteiger charge is 2.57. The first-order chi connectivity index (χ1) is 24.4. The average molecular weight is 706 g/mol. The molecule has 51 heavy (non-hydrogen) atoms. The molecule has 6 rings (SSSR count). The Labute approximate surface area is 305 Å². The number of amides is 2. The highest BCUT2D eigenvalue weighted by Crippen LogP contribution is 2.50. The van der Waals surface area contributed by atoms with Crippen LogP contribution in [0.2, 0.25) is 5.04 Å². The molecule has 3 aliphatic rings. The lowest BCUT2D eigenvalue weighted by atomic mass is 9.69. The van der Waals surface area contributed by atoms with Crippen LogP contribution >= 0.6 is 0 Å². The number of phenolic OH excluding ortho intramolecular Hbond substituents is 1. The number of benzene rings is 3. The Bertz CT molecular complexity index is 1750. The summed E-state index contributed by atoms with van der Waals surface area (Å²) >= 11 is 0. The first kappa shape index (κ1) is 37.0. The number of allylic oxidation sites excluding steroid dienone is 1. The Hall–Kier alpha value is -3.78. The molecule has 270 valence electrons. The Morgan fingerprint density at radius 2 is 1.55 bits per heavy atom. The third kappa shape index (κ3) is 6.93. The van der Waals surface area contributed by atoms with Gasteiger partial charge in [-0.3, -0.25) is 14.5 Å². The van der Waals surface area contributed by atoms with E-state index in [0.717, 1.165) is 47.9 Å². The lowest BCUT2D eigenvalue weighted by Crippen LogP contribution is -2.66. The van der Waals surface area contributed by atoms with E-state index in [-0.39, 0.29) is 40.7 Å². The van der Waals surface area contributed by atoms with E-state index in [9.17, 15) is 14.7 Å². The number of nitrogens with zero attached hydrogens (tertiary/aromatic N) is 1. The minimum atomic E-state index is -2.85. The summed E-state index contributed by atoms with van der Waals surface area (Å²) in [6.45, 7) is 16.3. The summed E-state index contributed by atoms with van der Waals surface area (Å²) in [5, 5.41) is 12.6. The maximum Gasteiger partial charge on any atom is 0.261 e. The Balaban J connectivity index is 1.38. The van der Waals surface area contributed by atoms with Gasteiger partial charge in [-0.25, -0.2) is 0 Å². The summed E-state index contributed by atoms with van der Waals surface area (Å²) in [5.41, 5.74) is 6.49. The summed E-state index contributed by atoms with van der Waals surface area (Å²) in [7, 11) is -2.85. The van der Waals surface area contributed by atoms with Crippen LogP contribution in [0.15, 0.2) is 89.5 Å². The molecule has 3 aromatic rings. The molecule has 2 amide bonds. The van der Waals surface area contributed by atoms with Crippen molar-refractivity contribution in [3.63, 3.8) is 0 Å². The molecular weight excluding hydrogens is 651 g/mol. The van der Waals surface area contributed by atoms with E-state index in [0.29, 0.717) is 31.9 Å². The second-order valence-corrected chi connectivity index (χ2v) is 20.1. The largest absolute Gasteiger partial charge is 0.507 e. The molecule has 0 unspecified atom stereocenters. The molecule has 7 heteroatoms. The number of phenols is 1. The SMILES string of the molecule is CCCN1C(=O)[C@@H]2[C@@H](CC(CO[Si](c3ccccc3)(c3ccccc3)C(C)(C)C)=C3[C@@H](CC/C(=C/c4cc(C)c(O)c(C)c4)CC)OC[C@@H]32)C1=O. The Morgan fingerprint density at radius 3 is 2.10 bits per heavy atom. The Morgan fingerprint density at radius 1 is 0.941 bits per heavy atom. The van der Waals surface area contributed by atoms with Crippen LogP contribution in [0.25, 0.3) is 6.08 Å². The van der Waals surface area contributed by atoms with E-state index in [4.69, 9.17) is 9.16 Å². The summed E-state index contributed by atoms with van der Waals surface area (Å²) in [4.78, 5) is 29.2. The average Bonchev–Trinajstić information content (AvgIpc) is 3.64. The van der Waals surface area contributed by atoms with Gasteiger partial charge < -0.3 is 14.3 Å². The monoisotopic (exact) mass is 705 g/mol. The lowest BCUT2D eigenvalue weighted by molar-refractivity contribution is -0.140. The lowest BCUT2D eigenvalue weighted by Gasteiger charge is -2.44. The number of carbonyl (C=O) groups excluding carboxylic acids is 2. The highest BCUT2D eigenvalue weighted by molar-refractivity contribution is 6.99. The maximum atomic E-state index is 13.9. The van der Waals surface area contributed by atoms with Crippen molar-refractivity contribution in [2.75, 3.05) is 19.8 Å². The highest BCUT2D eigenvalue weighted by atomic mass is 28.4. The molecule has 0 spiro atoms. The van der Waals surface area contributed by atoms with Crippen molar-refractivity contribution in [3.05, 3.63) is 106 Å². The second-order valence-electron chi connectivity index (χ2n) is 15.8. The van der Waals surface area contributed by atoms with Crippen LogP contribution in [0.3, 0.4) is 0 Å². The van der Waals surface area contributed by atoms with Gasteiger partial charge in [-0.2, -0.15) is 0 Å². The predicted octanol–water partition coefficient (Wildman–Crippen LogP) is 7.89. The number of ether oxygens (including phenoxy) is 1. The predicted molar refractivity (Wildman–Crippen MR) is 208 cm³/mol. The molecular formula is C44H55NO5Si. The normalized spacial score (nSPS) is 22.5. The molecule has 0 aromatic heterocycles. The van der Waals surface area contributed by atoms with E-state index in [1.165, 1.54) is 26.4 Å². The van der Waals surface area contributed by atoms with E-state index in [2.05, 4.69) is 94.4 Å². The fraction of sp³-hybridized carbons (Fsp3) is 0.455. The van der Waals surface area contributed by atoms with Crippen molar-refractivity contribution in [3.8, 4) is 5.75 Å². The zero-order valence-corrected chi connectivity index (χ0v) is 32.5. The number of rotatable bonds is 12. The van der Waals surface area contributed by atoms with Crippen LogP contribution in [0, 0.1) is 31.6 Å². The molecule has 1 N–H and O–H groups in total. The number of fused-ring (bicyclic) bond motifs is 3. The molecule has 0 saturated carbocycles. The molecule has 2 fully saturated rings. The number of aryl methyl sites for hydroxylation is 2. The molecule has 2 aliphatic heterocycles. The van der Waals surface area contributed by atoms with Gasteiger partial charge >= 0.3 is 0 Å². The van der Waals surface area contributed by atoms with Gasteiger partial charge in [0.05, 0.1) is 31.2 Å². The fourth-order valence-electron chi connectivity index (χ4n) is 9.05. The van der Waals surface area contributed by atoms with Gasteiger partial charge in [0, 0.05) is 12.5 Å². The first-order valence-corrected chi connectivity index (χ1v) is 20.7. The van der Waals surface area contributed by atoms with Crippen LogP contribution in [-0.4, -0.2) is 56.0 Å². The van der Waals surface area contributed by atoms with Crippen LogP contribution < -0.4 is 10.4 Å². The standard InChI is InChI=1S/C44H55NO5Si/c1-8-22-45-42(47)36-26-33(27-50-51(44(5,6)7,34-16-12-10-13-17-34)35-18-14-11-15-19-35)39-37(40(36)43(45)48)28-49-38(39)21-20-31(9-2)25-32-23-29(3)41(46)30(4)24-32/h10-19,23-25,36-38,40,46H,8-9,20-22,26-28H2,1-7H3/b31-25+/t36-,37+,38-,40-/m1/s1. The van der Waals surface area contributed by atoms with Gasteiger partial charge in [0.15, 0.2) is 0 Å². The third-order valence-electron chi connectivity index (χ3n) is 11.5. The van der Waals surface area contributed by atoms with Crippen molar-refractivity contribution in [1.82, 2.24) is 4.90 Å². The molecule has 0 bridgehead atoms. The van der Waals surface area contributed by atoms with Gasteiger partial charge in [-0.15, -0.1) is 0 Å². The smallest absolute Gasteiger partial charge is 0.261 e. The summed E-state index contributed by atoms with van der Waals surface area (Å²) in [6, 6.07) is 25.4. The molecule has 2 saturated heterocycles. The van der Waals surface area contributed by atoms with E-state index >= 15 is 0 Å². The minimum Gasteiger partial charge on any atom is -0.507 e. The van der Waals surface area contributed by atoms with Gasteiger partial charge in [0.1, 0.15) is 5.75 Å². The van der Waals surface area contributed by atoms with Crippen molar-refractivity contribution < 1.29 is 23.9 Å². The van der Waals surface area contributed by atoms with Crippen molar-refractivity contribution in [1.29, 1.82) is 0 Å². The van der Waals surface area contributed by atoms with E-state index in [1.807, 2.05) is 32.9 Å². The summed E-state index contributed by atoms with van der Waals surface area (Å²) < 4.78 is 14.1. The minimum absolute atomic E-state index is 0.0298. The van der Waals surface area contributed by atoms with Crippen LogP contribution in [0.5, 0.6) is 5.75 Å². The number of imide groups is 1. The zero-order chi connectivity index (χ0) is 36.5.